The molecule has 3 nitrogen and oxygen atoms in total. The van der Waals surface area contributed by atoms with E-state index in [-0.39, 0.29) is 18.4 Å². The number of amides is 1. The van der Waals surface area contributed by atoms with Gasteiger partial charge in [-0.25, -0.2) is 0 Å². The van der Waals surface area contributed by atoms with E-state index in [0.717, 1.165) is 12.8 Å². The number of hydrogen-bond acceptors (Lipinski definition) is 2. The summed E-state index contributed by atoms with van der Waals surface area (Å²) in [6.07, 6.45) is 12.2. The fraction of sp³-hybridized carbons (Fsp3) is 0.545. The van der Waals surface area contributed by atoms with Gasteiger partial charge in [0.15, 0.2) is 0 Å². The Balaban J connectivity index is 4.04. The van der Waals surface area contributed by atoms with Crippen LogP contribution >= 0.6 is 0 Å². The summed E-state index contributed by atoms with van der Waals surface area (Å²) < 4.78 is 0. The lowest BCUT2D eigenvalue weighted by molar-refractivity contribution is -0.122. The van der Waals surface area contributed by atoms with E-state index in [1.807, 2.05) is 6.92 Å². The number of rotatable bonds is 5. The highest BCUT2D eigenvalue weighted by Gasteiger charge is 2.14. The Morgan fingerprint density at radius 1 is 1.57 bits per heavy atom. The number of terminal acetylenes is 2. The molecular weight excluding hydrogens is 176 g/mol. The summed E-state index contributed by atoms with van der Waals surface area (Å²) in [5.74, 6) is 4.55. The maximum absolute atomic E-state index is 11.3. The largest absolute Gasteiger partial charge is 0.341 e. The Morgan fingerprint density at radius 2 is 2.21 bits per heavy atom. The molecule has 3 heteroatoms. The lowest BCUT2D eigenvalue weighted by atomic mass is 10.1. The molecule has 76 valence electrons. The van der Waals surface area contributed by atoms with Crippen molar-refractivity contribution in [2.24, 2.45) is 5.73 Å². The standard InChI is InChI=1S/C11H16N2O/c1-4-7-9(6-3)13-11(14)10(12)8-5-2/h2-3,9-10H,4,7-8,12H2,1H3,(H,13,14). The van der Waals surface area contributed by atoms with Crippen molar-refractivity contribution < 1.29 is 4.79 Å². The summed E-state index contributed by atoms with van der Waals surface area (Å²) in [5.41, 5.74) is 5.50. The molecule has 0 spiro atoms. The zero-order valence-electron chi connectivity index (χ0n) is 8.42. The fourth-order valence-corrected chi connectivity index (χ4v) is 0.984. The second kappa shape index (κ2) is 7.00. The van der Waals surface area contributed by atoms with Gasteiger partial charge in [-0.2, -0.15) is 0 Å². The van der Waals surface area contributed by atoms with Crippen molar-refractivity contribution in [2.75, 3.05) is 0 Å². The van der Waals surface area contributed by atoms with E-state index in [9.17, 15) is 4.79 Å². The molecule has 0 aromatic heterocycles. The van der Waals surface area contributed by atoms with Gasteiger partial charge in [-0.3, -0.25) is 4.79 Å². The van der Waals surface area contributed by atoms with Crippen LogP contribution in [0.2, 0.25) is 0 Å². The molecule has 0 saturated carbocycles. The molecule has 0 saturated heterocycles. The third-order valence-electron chi connectivity index (χ3n) is 1.77. The van der Waals surface area contributed by atoms with Crippen molar-refractivity contribution in [1.82, 2.24) is 5.32 Å². The molecule has 2 unspecified atom stereocenters. The second-order valence-electron chi connectivity index (χ2n) is 3.03. The molecule has 0 fully saturated rings. The number of hydrogen-bond donors (Lipinski definition) is 2. The molecular formula is C11H16N2O. The lowest BCUT2D eigenvalue weighted by Gasteiger charge is -2.14. The Hall–Kier alpha value is -1.45. The smallest absolute Gasteiger partial charge is 0.238 e. The van der Waals surface area contributed by atoms with Crippen LogP contribution in [0.5, 0.6) is 0 Å². The average molecular weight is 192 g/mol. The Bertz CT molecular complexity index is 259. The molecule has 0 rings (SSSR count). The quantitative estimate of drug-likeness (QED) is 0.614. The number of carbonyl (C=O) groups is 1. The van der Waals surface area contributed by atoms with Crippen LogP contribution in [-0.4, -0.2) is 18.0 Å². The van der Waals surface area contributed by atoms with Crippen molar-refractivity contribution in [2.45, 2.75) is 38.3 Å². The van der Waals surface area contributed by atoms with Crippen molar-refractivity contribution in [3.63, 3.8) is 0 Å². The molecule has 0 aliphatic heterocycles. The zero-order chi connectivity index (χ0) is 11.0. The van der Waals surface area contributed by atoms with E-state index < -0.39 is 6.04 Å². The van der Waals surface area contributed by atoms with Gasteiger partial charge in [-0.15, -0.1) is 18.8 Å². The van der Waals surface area contributed by atoms with Gasteiger partial charge >= 0.3 is 0 Å². The van der Waals surface area contributed by atoms with E-state index in [2.05, 4.69) is 17.2 Å². The molecule has 0 aromatic rings. The number of carbonyl (C=O) groups excluding carboxylic acids is 1. The summed E-state index contributed by atoms with van der Waals surface area (Å²) in [5, 5.41) is 2.66. The summed E-state index contributed by atoms with van der Waals surface area (Å²) in [6.45, 7) is 2.00. The van der Waals surface area contributed by atoms with E-state index in [1.54, 1.807) is 0 Å². The van der Waals surface area contributed by atoms with Gasteiger partial charge in [0.1, 0.15) is 0 Å². The average Bonchev–Trinajstić information content (AvgIpc) is 2.17. The maximum atomic E-state index is 11.3. The highest BCUT2D eigenvalue weighted by Crippen LogP contribution is 1.96. The van der Waals surface area contributed by atoms with Gasteiger partial charge in [0.25, 0.3) is 0 Å². The molecule has 0 aromatic carbocycles. The zero-order valence-corrected chi connectivity index (χ0v) is 8.42. The molecule has 2 atom stereocenters. The van der Waals surface area contributed by atoms with Crippen LogP contribution in [0.3, 0.4) is 0 Å². The van der Waals surface area contributed by atoms with Crippen LogP contribution in [0.4, 0.5) is 0 Å². The predicted molar refractivity (Wildman–Crippen MR) is 57.1 cm³/mol. The third kappa shape index (κ3) is 4.54. The first-order chi connectivity index (χ1) is 6.65. The van der Waals surface area contributed by atoms with Gasteiger partial charge in [0.2, 0.25) is 5.91 Å². The van der Waals surface area contributed by atoms with Crippen LogP contribution in [-0.2, 0) is 4.79 Å². The summed E-state index contributed by atoms with van der Waals surface area (Å²) in [7, 11) is 0. The Morgan fingerprint density at radius 3 is 2.64 bits per heavy atom. The summed E-state index contributed by atoms with van der Waals surface area (Å²) in [4.78, 5) is 11.3. The van der Waals surface area contributed by atoms with Crippen LogP contribution < -0.4 is 11.1 Å². The van der Waals surface area contributed by atoms with Crippen LogP contribution in [0.25, 0.3) is 0 Å². The first-order valence-corrected chi connectivity index (χ1v) is 4.61. The molecule has 0 aliphatic carbocycles. The molecule has 14 heavy (non-hydrogen) atoms. The third-order valence-corrected chi connectivity index (χ3v) is 1.77. The van der Waals surface area contributed by atoms with Gasteiger partial charge in [0.05, 0.1) is 12.1 Å². The van der Waals surface area contributed by atoms with Gasteiger partial charge in [-0.05, 0) is 6.42 Å². The lowest BCUT2D eigenvalue weighted by Crippen LogP contribution is -2.44. The number of nitrogens with one attached hydrogen (secondary N) is 1. The first kappa shape index (κ1) is 12.6. The minimum atomic E-state index is -0.660. The van der Waals surface area contributed by atoms with E-state index in [0.29, 0.717) is 0 Å². The second-order valence-corrected chi connectivity index (χ2v) is 3.03. The Kier molecular flexibility index (Phi) is 6.28. The minimum Gasteiger partial charge on any atom is -0.341 e. The van der Waals surface area contributed by atoms with Crippen molar-refractivity contribution >= 4 is 5.91 Å². The van der Waals surface area contributed by atoms with Crippen molar-refractivity contribution in [3.05, 3.63) is 0 Å². The Labute approximate surface area is 85.4 Å². The summed E-state index contributed by atoms with van der Waals surface area (Å²) >= 11 is 0. The monoisotopic (exact) mass is 192 g/mol. The van der Waals surface area contributed by atoms with Gasteiger partial charge < -0.3 is 11.1 Å². The molecule has 3 N–H and O–H groups in total. The van der Waals surface area contributed by atoms with Crippen LogP contribution in [0.1, 0.15) is 26.2 Å². The van der Waals surface area contributed by atoms with Gasteiger partial charge in [-0.1, -0.05) is 19.3 Å². The molecule has 1 amide bonds. The van der Waals surface area contributed by atoms with E-state index in [1.165, 1.54) is 0 Å². The topological polar surface area (TPSA) is 55.1 Å². The molecule has 0 bridgehead atoms. The normalized spacial score (nSPS) is 13.4. The maximum Gasteiger partial charge on any atom is 0.238 e. The van der Waals surface area contributed by atoms with Crippen molar-refractivity contribution in [3.8, 4) is 24.7 Å². The summed E-state index contributed by atoms with van der Waals surface area (Å²) in [6, 6.07) is -0.899. The first-order valence-electron chi connectivity index (χ1n) is 4.61. The fourth-order valence-electron chi connectivity index (χ4n) is 0.984. The predicted octanol–water partition coefficient (Wildman–Crippen LogP) is 0.255. The van der Waals surface area contributed by atoms with Crippen LogP contribution in [0.15, 0.2) is 0 Å². The van der Waals surface area contributed by atoms with E-state index in [4.69, 9.17) is 18.6 Å². The highest BCUT2D eigenvalue weighted by molar-refractivity contribution is 5.82. The number of nitrogens with two attached hydrogens (primary N) is 1. The molecule has 0 radical (unpaired) electrons. The molecule has 0 aliphatic rings. The minimum absolute atomic E-state index is 0.231. The molecule has 0 heterocycles. The highest BCUT2D eigenvalue weighted by atomic mass is 16.2. The SMILES string of the molecule is C#CCC(N)C(=O)NC(C#C)CCC. The van der Waals surface area contributed by atoms with Crippen LogP contribution in [0, 0.1) is 24.7 Å². The van der Waals surface area contributed by atoms with E-state index >= 15 is 0 Å². The van der Waals surface area contributed by atoms with Gasteiger partial charge in [0, 0.05) is 6.42 Å². The van der Waals surface area contributed by atoms with Crippen molar-refractivity contribution in [1.29, 1.82) is 0 Å².